The molecule has 2 aromatic rings. The van der Waals surface area contributed by atoms with E-state index in [9.17, 15) is 21.6 Å². The van der Waals surface area contributed by atoms with E-state index < -0.39 is 25.8 Å². The van der Waals surface area contributed by atoms with Gasteiger partial charge in [-0.15, -0.1) is 0 Å². The molecule has 0 saturated carbocycles. The van der Waals surface area contributed by atoms with Crippen LogP contribution in [-0.2, 0) is 37.1 Å². The molecular weight excluding hydrogens is 414 g/mol. The van der Waals surface area contributed by atoms with Gasteiger partial charge in [0, 0.05) is 30.7 Å². The van der Waals surface area contributed by atoms with Gasteiger partial charge in [0.05, 0.1) is 21.2 Å². The number of carbonyl (C=O) groups is 1. The number of hydrogen-bond acceptors (Lipinski definition) is 6. The van der Waals surface area contributed by atoms with Crippen molar-refractivity contribution in [1.29, 1.82) is 0 Å². The van der Waals surface area contributed by atoms with Crippen molar-refractivity contribution in [1.82, 2.24) is 14.5 Å². The molecule has 0 spiro atoms. The number of nitrogens with zero attached hydrogens (tertiary/aromatic N) is 2. The van der Waals surface area contributed by atoms with Gasteiger partial charge in [-0.1, -0.05) is 27.7 Å². The molecule has 0 unspecified atom stereocenters. The summed E-state index contributed by atoms with van der Waals surface area (Å²) in [5.74, 6) is -0.645. The summed E-state index contributed by atoms with van der Waals surface area (Å²) in [5.41, 5.74) is 1.42. The summed E-state index contributed by atoms with van der Waals surface area (Å²) >= 11 is 0. The maximum Gasteiger partial charge on any atom is 0.264 e. The van der Waals surface area contributed by atoms with Gasteiger partial charge in [0.1, 0.15) is 0 Å². The van der Waals surface area contributed by atoms with Crippen molar-refractivity contribution in [2.24, 2.45) is 7.05 Å². The number of rotatable bonds is 5. The van der Waals surface area contributed by atoms with Gasteiger partial charge in [0.25, 0.3) is 10.0 Å². The Labute approximate surface area is 172 Å². The van der Waals surface area contributed by atoms with Crippen LogP contribution in [0.25, 0.3) is 11.3 Å². The lowest BCUT2D eigenvalue weighted by molar-refractivity contribution is -0.119. The minimum Gasteiger partial charge on any atom is -0.274 e. The molecule has 0 aliphatic carbocycles. The van der Waals surface area contributed by atoms with E-state index in [0.717, 1.165) is 11.9 Å². The molecule has 0 saturated heterocycles. The van der Waals surface area contributed by atoms with E-state index in [1.54, 1.807) is 24.7 Å². The fourth-order valence-electron chi connectivity index (χ4n) is 2.93. The number of carbonyl (C=O) groups excluding carboxylic acids is 1. The molecule has 0 atom stereocenters. The van der Waals surface area contributed by atoms with Crippen LogP contribution in [0.5, 0.6) is 0 Å². The maximum absolute atomic E-state index is 12.7. The lowest BCUT2D eigenvalue weighted by atomic mass is 9.91. The topological polar surface area (TPSA) is 115 Å². The molecule has 0 radical (unpaired) electrons. The predicted octanol–water partition coefficient (Wildman–Crippen LogP) is 2.31. The first-order valence-electron chi connectivity index (χ1n) is 9.03. The van der Waals surface area contributed by atoms with Crippen molar-refractivity contribution < 1.29 is 21.6 Å². The smallest absolute Gasteiger partial charge is 0.264 e. The van der Waals surface area contributed by atoms with E-state index in [-0.39, 0.29) is 32.8 Å². The third-order valence-electron chi connectivity index (χ3n) is 4.54. The van der Waals surface area contributed by atoms with E-state index in [2.05, 4.69) is 5.10 Å². The number of amides is 1. The maximum atomic E-state index is 12.7. The zero-order valence-electron chi connectivity index (χ0n) is 17.7. The summed E-state index contributed by atoms with van der Waals surface area (Å²) in [6, 6.07) is 4.23. The summed E-state index contributed by atoms with van der Waals surface area (Å²) in [5, 5.41) is 4.48. The average molecular weight is 442 g/mol. The van der Waals surface area contributed by atoms with Crippen molar-refractivity contribution in [3.05, 3.63) is 29.5 Å². The summed E-state index contributed by atoms with van der Waals surface area (Å²) in [6.45, 7) is 9.00. The molecule has 10 heteroatoms. The molecule has 0 bridgehead atoms. The van der Waals surface area contributed by atoms with Crippen LogP contribution in [0.1, 0.15) is 45.4 Å². The first kappa shape index (κ1) is 23.1. The molecule has 0 aliphatic rings. The Kier molecular flexibility index (Phi) is 6.02. The predicted molar refractivity (Wildman–Crippen MR) is 111 cm³/mol. The van der Waals surface area contributed by atoms with Crippen LogP contribution < -0.4 is 4.72 Å². The van der Waals surface area contributed by atoms with E-state index in [0.29, 0.717) is 5.69 Å². The Bertz CT molecular complexity index is 1170. The van der Waals surface area contributed by atoms with Crippen LogP contribution in [0.2, 0.25) is 0 Å². The van der Waals surface area contributed by atoms with Gasteiger partial charge in [-0.3, -0.25) is 9.48 Å². The summed E-state index contributed by atoms with van der Waals surface area (Å²) in [6.07, 6.45) is 1.07. The Morgan fingerprint density at radius 1 is 1.14 bits per heavy atom. The first-order valence-corrected chi connectivity index (χ1v) is 12.4. The number of sulfonamides is 1. The van der Waals surface area contributed by atoms with Crippen LogP contribution in [0.3, 0.4) is 0 Å². The largest absolute Gasteiger partial charge is 0.274 e. The lowest BCUT2D eigenvalue weighted by Gasteiger charge is -2.16. The highest BCUT2D eigenvalue weighted by atomic mass is 32.2. The van der Waals surface area contributed by atoms with Gasteiger partial charge >= 0.3 is 0 Å². The van der Waals surface area contributed by atoms with Crippen LogP contribution in [0.4, 0.5) is 0 Å². The minimum atomic E-state index is -4.15. The fraction of sp³-hybridized carbons (Fsp3) is 0.474. The second-order valence-electron chi connectivity index (χ2n) is 8.00. The molecule has 1 N–H and O–H groups in total. The number of aromatic nitrogens is 2. The zero-order chi connectivity index (χ0) is 22.4. The van der Waals surface area contributed by atoms with Crippen molar-refractivity contribution in [3.8, 4) is 11.3 Å². The van der Waals surface area contributed by atoms with Crippen molar-refractivity contribution in [3.63, 3.8) is 0 Å². The molecule has 1 aromatic carbocycles. The van der Waals surface area contributed by atoms with Gasteiger partial charge in [-0.2, -0.15) is 5.10 Å². The van der Waals surface area contributed by atoms with Crippen LogP contribution in [0, 0.1) is 6.92 Å². The molecule has 160 valence electrons. The van der Waals surface area contributed by atoms with E-state index >= 15 is 0 Å². The van der Waals surface area contributed by atoms with Gasteiger partial charge in [-0.05, 0) is 30.7 Å². The Morgan fingerprint density at radius 2 is 1.69 bits per heavy atom. The highest BCUT2D eigenvalue weighted by Crippen LogP contribution is 2.36. The number of nitrogens with one attached hydrogen (secondary N) is 1. The molecule has 1 aromatic heterocycles. The Balaban J connectivity index is 2.87. The van der Waals surface area contributed by atoms with Gasteiger partial charge in [-0.25, -0.2) is 21.6 Å². The van der Waals surface area contributed by atoms with Gasteiger partial charge in [0.2, 0.25) is 5.91 Å². The third-order valence-corrected chi connectivity index (χ3v) is 7.20. The molecule has 2 rings (SSSR count). The number of hydrogen-bond donors (Lipinski definition) is 1. The van der Waals surface area contributed by atoms with E-state index in [1.165, 1.54) is 19.1 Å². The average Bonchev–Trinajstić information content (AvgIpc) is 2.94. The fourth-order valence-corrected chi connectivity index (χ4v) is 5.18. The standard InChI is InChI=1S/C19H27N3O5S2/c1-8-17(23)21-29(26,27)14-9-10-15(28(7,24)25)18(12(14)2)13-11-16(19(3,4)5)20-22(13)6/h9-11H,8H2,1-7H3,(H,21,23). The van der Waals surface area contributed by atoms with E-state index in [1.807, 2.05) is 25.5 Å². The van der Waals surface area contributed by atoms with Crippen molar-refractivity contribution in [2.75, 3.05) is 6.26 Å². The Hall–Kier alpha value is -2.20. The van der Waals surface area contributed by atoms with Crippen molar-refractivity contribution >= 4 is 25.8 Å². The van der Waals surface area contributed by atoms with Crippen molar-refractivity contribution in [2.45, 2.75) is 56.2 Å². The monoisotopic (exact) mass is 441 g/mol. The number of sulfone groups is 1. The van der Waals surface area contributed by atoms with Crippen LogP contribution in [0.15, 0.2) is 28.0 Å². The molecule has 1 heterocycles. The summed E-state index contributed by atoms with van der Waals surface area (Å²) in [4.78, 5) is 11.5. The van der Waals surface area contributed by atoms with Crippen LogP contribution in [-0.4, -0.2) is 38.8 Å². The Morgan fingerprint density at radius 3 is 2.14 bits per heavy atom. The molecule has 8 nitrogen and oxygen atoms in total. The molecular formula is C19H27N3O5S2. The first-order chi connectivity index (χ1) is 13.1. The van der Waals surface area contributed by atoms with Crippen LogP contribution >= 0.6 is 0 Å². The van der Waals surface area contributed by atoms with E-state index in [4.69, 9.17) is 0 Å². The normalized spacial score (nSPS) is 12.8. The van der Waals surface area contributed by atoms with Gasteiger partial charge < -0.3 is 0 Å². The van der Waals surface area contributed by atoms with Gasteiger partial charge in [0.15, 0.2) is 9.84 Å². The second kappa shape index (κ2) is 7.56. The zero-order valence-corrected chi connectivity index (χ0v) is 19.3. The summed E-state index contributed by atoms with van der Waals surface area (Å²) < 4.78 is 53.8. The molecule has 29 heavy (non-hydrogen) atoms. The third kappa shape index (κ3) is 4.69. The number of benzene rings is 1. The SMILES string of the molecule is CCC(=O)NS(=O)(=O)c1ccc(S(C)(=O)=O)c(-c2cc(C(C)(C)C)nn2C)c1C. The molecule has 1 amide bonds. The molecule has 0 aliphatic heterocycles. The minimum absolute atomic E-state index is 0.000716. The molecule has 0 fully saturated rings. The second-order valence-corrected chi connectivity index (χ2v) is 11.6. The highest BCUT2D eigenvalue weighted by Gasteiger charge is 2.28. The summed E-state index contributed by atoms with van der Waals surface area (Å²) in [7, 11) is -6.14. The number of aryl methyl sites for hydroxylation is 1. The lowest BCUT2D eigenvalue weighted by Crippen LogP contribution is -2.30. The quantitative estimate of drug-likeness (QED) is 0.761. The highest BCUT2D eigenvalue weighted by molar-refractivity contribution is 7.91.